The molecule has 0 atom stereocenters. The minimum Gasteiger partial charge on any atom is -0.489 e. The van der Waals surface area contributed by atoms with Crippen LogP contribution in [0.3, 0.4) is 0 Å². The highest BCUT2D eigenvalue weighted by Gasteiger charge is 2.11. The van der Waals surface area contributed by atoms with Gasteiger partial charge >= 0.3 is 0 Å². The van der Waals surface area contributed by atoms with Crippen LogP contribution in [0, 0.1) is 0 Å². The van der Waals surface area contributed by atoms with E-state index in [-0.39, 0.29) is 5.78 Å². The highest BCUT2D eigenvalue weighted by Crippen LogP contribution is 2.21. The summed E-state index contributed by atoms with van der Waals surface area (Å²) in [6.45, 7) is 0.919. The molecule has 0 N–H and O–H groups in total. The molecule has 30 heavy (non-hydrogen) atoms. The van der Waals surface area contributed by atoms with Gasteiger partial charge in [0.1, 0.15) is 24.7 Å². The van der Waals surface area contributed by atoms with Crippen molar-refractivity contribution in [2.75, 3.05) is 0 Å². The Bertz CT molecular complexity index is 1020. The lowest BCUT2D eigenvalue weighted by molar-refractivity contribution is 0.103. The second kappa shape index (κ2) is 9.57. The standard InChI is InChI=1S/C27H22O3/c28-27(23-13-7-15-25(17-23)29-19-21-9-3-1-4-10-21)24-14-8-16-26(18-24)30-20-22-11-5-2-6-12-22/h1-18H,19-20H2. The molecule has 0 amide bonds. The van der Waals surface area contributed by atoms with Crippen LogP contribution < -0.4 is 9.47 Å². The lowest BCUT2D eigenvalue weighted by Gasteiger charge is -2.10. The summed E-state index contributed by atoms with van der Waals surface area (Å²) in [7, 11) is 0. The molecule has 0 aliphatic heterocycles. The number of ether oxygens (including phenoxy) is 2. The Morgan fingerprint density at radius 3 is 1.40 bits per heavy atom. The maximum Gasteiger partial charge on any atom is 0.193 e. The molecule has 0 fully saturated rings. The number of hydrogen-bond donors (Lipinski definition) is 0. The molecular weight excluding hydrogens is 372 g/mol. The van der Waals surface area contributed by atoms with Crippen molar-refractivity contribution in [3.8, 4) is 11.5 Å². The first kappa shape index (κ1) is 19.5. The van der Waals surface area contributed by atoms with Crippen LogP contribution in [-0.2, 0) is 13.2 Å². The monoisotopic (exact) mass is 394 g/mol. The highest BCUT2D eigenvalue weighted by atomic mass is 16.5. The quantitative estimate of drug-likeness (QED) is 0.340. The van der Waals surface area contributed by atoms with Gasteiger partial charge in [-0.1, -0.05) is 84.9 Å². The molecule has 0 bridgehead atoms. The Morgan fingerprint density at radius 1 is 0.533 bits per heavy atom. The maximum atomic E-state index is 13.0. The van der Waals surface area contributed by atoms with Crippen molar-refractivity contribution in [1.82, 2.24) is 0 Å². The van der Waals surface area contributed by atoms with Crippen LogP contribution in [0.1, 0.15) is 27.0 Å². The molecule has 3 nitrogen and oxygen atoms in total. The van der Waals surface area contributed by atoms with E-state index in [4.69, 9.17) is 9.47 Å². The molecule has 4 aromatic rings. The van der Waals surface area contributed by atoms with E-state index in [0.717, 1.165) is 11.1 Å². The average molecular weight is 394 g/mol. The second-order valence-electron chi connectivity index (χ2n) is 6.93. The Labute approximate surface area is 176 Å². The van der Waals surface area contributed by atoms with E-state index in [9.17, 15) is 4.79 Å². The lowest BCUT2D eigenvalue weighted by Crippen LogP contribution is -2.03. The van der Waals surface area contributed by atoms with Crippen LogP contribution in [-0.4, -0.2) is 5.78 Å². The number of carbonyl (C=O) groups excluding carboxylic acids is 1. The molecule has 0 saturated carbocycles. The summed E-state index contributed by atoms with van der Waals surface area (Å²) in [6, 6.07) is 34.5. The van der Waals surface area contributed by atoms with Crippen molar-refractivity contribution < 1.29 is 14.3 Å². The van der Waals surface area contributed by atoms with Crippen LogP contribution in [0.2, 0.25) is 0 Å². The van der Waals surface area contributed by atoms with Crippen molar-refractivity contribution in [3.05, 3.63) is 131 Å². The summed E-state index contributed by atoms with van der Waals surface area (Å²) in [5, 5.41) is 0. The summed E-state index contributed by atoms with van der Waals surface area (Å²) < 4.78 is 11.7. The van der Waals surface area contributed by atoms with Gasteiger partial charge in [0.05, 0.1) is 0 Å². The van der Waals surface area contributed by atoms with Gasteiger partial charge in [-0.05, 0) is 35.4 Å². The van der Waals surface area contributed by atoms with Crippen molar-refractivity contribution in [1.29, 1.82) is 0 Å². The minimum absolute atomic E-state index is 0.0645. The molecule has 0 aliphatic carbocycles. The van der Waals surface area contributed by atoms with Crippen LogP contribution in [0.25, 0.3) is 0 Å². The molecule has 0 aromatic heterocycles. The van der Waals surface area contributed by atoms with E-state index in [1.54, 1.807) is 24.3 Å². The SMILES string of the molecule is O=C(c1cccc(OCc2ccccc2)c1)c1cccc(OCc2ccccc2)c1. The largest absolute Gasteiger partial charge is 0.489 e. The van der Waals surface area contributed by atoms with E-state index < -0.39 is 0 Å². The van der Waals surface area contributed by atoms with E-state index in [1.807, 2.05) is 84.9 Å². The molecule has 0 radical (unpaired) electrons. The number of hydrogen-bond acceptors (Lipinski definition) is 3. The van der Waals surface area contributed by atoms with Gasteiger partial charge in [-0.15, -0.1) is 0 Å². The smallest absolute Gasteiger partial charge is 0.193 e. The molecule has 0 unspecified atom stereocenters. The summed E-state index contributed by atoms with van der Waals surface area (Å²) in [6.07, 6.45) is 0. The summed E-state index contributed by atoms with van der Waals surface area (Å²) >= 11 is 0. The topological polar surface area (TPSA) is 35.5 Å². The van der Waals surface area contributed by atoms with Crippen LogP contribution in [0.15, 0.2) is 109 Å². The molecule has 4 rings (SSSR count). The highest BCUT2D eigenvalue weighted by molar-refractivity contribution is 6.09. The molecular formula is C27H22O3. The fourth-order valence-electron chi connectivity index (χ4n) is 3.10. The molecule has 0 saturated heterocycles. The van der Waals surface area contributed by atoms with E-state index in [0.29, 0.717) is 35.8 Å². The maximum absolute atomic E-state index is 13.0. The zero-order valence-corrected chi connectivity index (χ0v) is 16.5. The van der Waals surface area contributed by atoms with E-state index in [1.165, 1.54) is 0 Å². The summed E-state index contributed by atoms with van der Waals surface area (Å²) in [5.74, 6) is 1.27. The average Bonchev–Trinajstić information content (AvgIpc) is 2.83. The number of rotatable bonds is 8. The van der Waals surface area contributed by atoms with Gasteiger partial charge in [0.25, 0.3) is 0 Å². The van der Waals surface area contributed by atoms with Gasteiger partial charge in [-0.25, -0.2) is 0 Å². The van der Waals surface area contributed by atoms with E-state index in [2.05, 4.69) is 0 Å². The normalized spacial score (nSPS) is 10.4. The number of ketones is 1. The molecule has 0 aliphatic rings. The summed E-state index contributed by atoms with van der Waals surface area (Å²) in [4.78, 5) is 13.0. The lowest BCUT2D eigenvalue weighted by atomic mass is 10.0. The van der Waals surface area contributed by atoms with Gasteiger partial charge in [0.2, 0.25) is 0 Å². The van der Waals surface area contributed by atoms with Gasteiger partial charge < -0.3 is 9.47 Å². The zero-order valence-electron chi connectivity index (χ0n) is 16.5. The predicted octanol–water partition coefficient (Wildman–Crippen LogP) is 6.08. The third-order valence-electron chi connectivity index (χ3n) is 4.69. The van der Waals surface area contributed by atoms with Gasteiger partial charge in [0.15, 0.2) is 5.78 Å². The van der Waals surface area contributed by atoms with E-state index >= 15 is 0 Å². The minimum atomic E-state index is -0.0645. The first-order chi connectivity index (χ1) is 14.8. The van der Waals surface area contributed by atoms with Crippen molar-refractivity contribution in [3.63, 3.8) is 0 Å². The summed E-state index contributed by atoms with van der Waals surface area (Å²) in [5.41, 5.74) is 3.33. The van der Waals surface area contributed by atoms with Crippen LogP contribution >= 0.6 is 0 Å². The zero-order chi connectivity index (χ0) is 20.6. The molecule has 4 aromatic carbocycles. The van der Waals surface area contributed by atoms with Crippen molar-refractivity contribution >= 4 is 5.78 Å². The number of carbonyl (C=O) groups is 1. The van der Waals surface area contributed by atoms with Gasteiger partial charge in [-0.3, -0.25) is 4.79 Å². The first-order valence-corrected chi connectivity index (χ1v) is 9.86. The van der Waals surface area contributed by atoms with Crippen molar-refractivity contribution in [2.45, 2.75) is 13.2 Å². The Kier molecular flexibility index (Phi) is 6.21. The third-order valence-corrected chi connectivity index (χ3v) is 4.69. The Morgan fingerprint density at radius 2 is 0.967 bits per heavy atom. The Hall–Kier alpha value is -3.85. The molecule has 0 spiro atoms. The number of benzene rings is 4. The van der Waals surface area contributed by atoms with Crippen LogP contribution in [0.5, 0.6) is 11.5 Å². The van der Waals surface area contributed by atoms with Crippen molar-refractivity contribution in [2.24, 2.45) is 0 Å². The van der Waals surface area contributed by atoms with Crippen LogP contribution in [0.4, 0.5) is 0 Å². The third kappa shape index (κ3) is 5.15. The second-order valence-corrected chi connectivity index (χ2v) is 6.93. The predicted molar refractivity (Wildman–Crippen MR) is 118 cm³/mol. The molecule has 3 heteroatoms. The van der Waals surface area contributed by atoms with Gasteiger partial charge in [0, 0.05) is 11.1 Å². The first-order valence-electron chi connectivity index (χ1n) is 9.86. The fraction of sp³-hybridized carbons (Fsp3) is 0.0741. The molecule has 148 valence electrons. The Balaban J connectivity index is 1.43. The fourth-order valence-corrected chi connectivity index (χ4v) is 3.10. The molecule has 0 heterocycles. The van der Waals surface area contributed by atoms with Gasteiger partial charge in [-0.2, -0.15) is 0 Å².